The molecule has 5 aliphatic rings. The van der Waals surface area contributed by atoms with E-state index in [0.29, 0.717) is 98.7 Å². The summed E-state index contributed by atoms with van der Waals surface area (Å²) >= 11 is 3.61. The van der Waals surface area contributed by atoms with Gasteiger partial charge in [0.1, 0.15) is 11.4 Å². The predicted octanol–water partition coefficient (Wildman–Crippen LogP) is 17.3. The van der Waals surface area contributed by atoms with Crippen molar-refractivity contribution in [1.29, 1.82) is 0 Å². The number of pyridine rings is 4. The summed E-state index contributed by atoms with van der Waals surface area (Å²) in [4.78, 5) is 59.0. The van der Waals surface area contributed by atoms with E-state index in [1.54, 1.807) is 166 Å². The van der Waals surface area contributed by atoms with Crippen molar-refractivity contribution in [2.75, 3.05) is 56.5 Å². The second kappa shape index (κ2) is 38.1. The predicted molar refractivity (Wildman–Crippen MR) is 532 cm³/mol. The van der Waals surface area contributed by atoms with Crippen molar-refractivity contribution in [3.8, 4) is 62.1 Å². The molecule has 0 radical (unpaired) electrons. The molecule has 0 spiro atoms. The lowest BCUT2D eigenvalue weighted by Gasteiger charge is -2.32. The van der Waals surface area contributed by atoms with E-state index < -0.39 is 45.0 Å². The molecule has 5 aliphatic heterocycles. The van der Waals surface area contributed by atoms with Gasteiger partial charge in [-0.2, -0.15) is 10.2 Å². The van der Waals surface area contributed by atoms with E-state index in [9.17, 15) is 53.4 Å². The largest absolute Gasteiger partial charge is 0.299 e. The molecule has 137 heavy (non-hydrogen) atoms. The number of aromatic amines is 2. The Labute approximate surface area is 801 Å². The van der Waals surface area contributed by atoms with Crippen molar-refractivity contribution in [3.63, 3.8) is 0 Å². The lowest BCUT2D eigenvalue weighted by Crippen LogP contribution is -2.37. The van der Waals surface area contributed by atoms with Gasteiger partial charge >= 0.3 is 0 Å². The first-order chi connectivity index (χ1) is 65.8. The summed E-state index contributed by atoms with van der Waals surface area (Å²) in [5.41, 5.74) is 19.3. The van der Waals surface area contributed by atoms with Crippen LogP contribution in [-0.4, -0.2) is 142 Å². The van der Waals surface area contributed by atoms with Crippen LogP contribution in [0.15, 0.2) is 301 Å². The molecule has 8 aromatic carbocycles. The van der Waals surface area contributed by atoms with Crippen LogP contribution < -0.4 is 28.3 Å². The highest BCUT2D eigenvalue weighted by Crippen LogP contribution is 2.44. The highest BCUT2D eigenvalue weighted by Gasteiger charge is 2.40. The number of halogens is 1. The number of non-ortho nitro benzene ring substituents is 1. The Morgan fingerprint density at radius 1 is 0.394 bits per heavy atom. The number of nitro benzene ring substituents is 1. The number of benzene rings is 8. The van der Waals surface area contributed by atoms with Crippen molar-refractivity contribution in [2.24, 2.45) is 0 Å². The Balaban J connectivity index is 0.000000122. The minimum absolute atomic E-state index is 0.0278. The molecule has 16 aromatic rings. The molecular weight excluding hydrogens is 1880 g/mol. The number of nitro groups is 1. The van der Waals surface area contributed by atoms with Gasteiger partial charge in [0.05, 0.1) is 59.0 Å². The Morgan fingerprint density at radius 2 is 0.788 bits per heavy atom. The van der Waals surface area contributed by atoms with Crippen LogP contribution in [0.5, 0.6) is 0 Å². The SMILES string of the molecule is Cc1ccc(S(=O)(=O)N2CCc3c([nH]n(-c4cc(C)ccc4C)c3=O)-c3cccnc32)cc1.Cc1ccc(S(=O)(=O)N2CCc3c([nH]n(C4CCN(Cc5ccccc5)CC4)c3=O)-c3cccnc32)cc1.Cc1ccc(S(=O)(=O)N2CCc3c(nn(-c4cccc([N+](=O)[O-])c4)c3C)-c3cccnc32)cc1.Cc1ccc(S(=O)(=O)N2CCc3c(nn(-c4ccccc4Br)c3C)-c3cccnc32)cc1. The van der Waals surface area contributed by atoms with Crippen LogP contribution in [0.2, 0.25) is 0 Å². The monoisotopic (exact) mass is 1970 g/mol. The third-order valence-electron chi connectivity index (χ3n) is 25.5. The number of likely N-dealkylation sites (tertiary alicyclic amines) is 1. The highest BCUT2D eigenvalue weighted by atomic mass is 79.9. The van der Waals surface area contributed by atoms with E-state index in [0.717, 1.165) is 110 Å². The smallest absolute Gasteiger partial charge is 0.275 e. The number of aromatic nitrogens is 12. The van der Waals surface area contributed by atoms with Crippen molar-refractivity contribution < 1.29 is 38.6 Å². The molecule has 0 saturated carbocycles. The second-order valence-corrected chi connectivity index (χ2v) is 42.8. The number of sulfonamides is 4. The van der Waals surface area contributed by atoms with Crippen molar-refractivity contribution in [3.05, 3.63) is 375 Å². The maximum Gasteiger partial charge on any atom is 0.275 e. The maximum atomic E-state index is 13.6. The first-order valence-corrected chi connectivity index (χ1v) is 51.3. The van der Waals surface area contributed by atoms with E-state index in [1.165, 1.54) is 34.9 Å². The van der Waals surface area contributed by atoms with Gasteiger partial charge < -0.3 is 0 Å². The number of rotatable bonds is 15. The Bertz CT molecular complexity index is 7960. The summed E-state index contributed by atoms with van der Waals surface area (Å²) in [6.07, 6.45) is 9.63. The highest BCUT2D eigenvalue weighted by molar-refractivity contribution is 9.10. The zero-order valence-electron chi connectivity index (χ0n) is 76.2. The van der Waals surface area contributed by atoms with Crippen LogP contribution in [0.1, 0.15) is 91.5 Å². The summed E-state index contributed by atoms with van der Waals surface area (Å²) in [5, 5.41) is 27.5. The molecule has 21 rings (SSSR count). The number of aryl methyl sites for hydroxylation is 6. The molecule has 0 unspecified atom stereocenters. The van der Waals surface area contributed by atoms with Crippen LogP contribution in [0.3, 0.4) is 0 Å². The van der Waals surface area contributed by atoms with Crippen LogP contribution in [0.25, 0.3) is 62.1 Å². The van der Waals surface area contributed by atoms with Gasteiger partial charge in [-0.1, -0.05) is 131 Å². The number of H-pyrrole nitrogens is 2. The Hall–Kier alpha value is -14.4. The first kappa shape index (κ1) is 93.1. The minimum atomic E-state index is -3.85. The summed E-state index contributed by atoms with van der Waals surface area (Å²) < 4.78 is 122. The van der Waals surface area contributed by atoms with E-state index in [4.69, 9.17) is 10.2 Å². The van der Waals surface area contributed by atoms with Gasteiger partial charge in [-0.15, -0.1) is 0 Å². The van der Waals surface area contributed by atoms with E-state index in [2.05, 4.69) is 75.2 Å². The van der Waals surface area contributed by atoms with Crippen molar-refractivity contribution >= 4 is 85.0 Å². The molecule has 0 atom stereocenters. The fraction of sp³-hybridized carbons (Fsp3) is 0.216. The molecule has 0 bridgehead atoms. The molecule has 1 fully saturated rings. The van der Waals surface area contributed by atoms with Gasteiger partial charge in [0.2, 0.25) is 0 Å². The topological polar surface area (TPSA) is 359 Å². The van der Waals surface area contributed by atoms with Gasteiger partial charge in [-0.3, -0.25) is 34.8 Å². The number of nitrogens with one attached hydrogen (secondary N) is 2. The van der Waals surface area contributed by atoms with Crippen LogP contribution in [-0.2, 0) is 72.3 Å². The van der Waals surface area contributed by atoms with Gasteiger partial charge in [0.15, 0.2) is 23.3 Å². The molecule has 698 valence electrons. The van der Waals surface area contributed by atoms with Crippen LogP contribution in [0.4, 0.5) is 29.0 Å². The Morgan fingerprint density at radius 3 is 1.24 bits per heavy atom. The average molecular weight is 1980 g/mol. The van der Waals surface area contributed by atoms with Gasteiger partial charge in [0.25, 0.3) is 56.9 Å². The number of para-hydroxylation sites is 1. The number of hydrogen-bond acceptors (Lipinski definition) is 19. The zero-order valence-corrected chi connectivity index (χ0v) is 81.1. The number of piperidine rings is 1. The van der Waals surface area contributed by atoms with E-state index in [1.807, 2.05) is 139 Å². The summed E-state index contributed by atoms with van der Waals surface area (Å²) in [6.45, 7) is 19.0. The molecular formula is C102H97BrN18O12S4. The third-order valence-corrected chi connectivity index (χ3v) is 33.3. The van der Waals surface area contributed by atoms with E-state index in [-0.39, 0.29) is 75.0 Å². The summed E-state index contributed by atoms with van der Waals surface area (Å²) in [6, 6.07) is 72.3. The number of fused-ring (bicyclic) bond motifs is 12. The molecule has 0 amide bonds. The molecule has 1 saturated heterocycles. The second-order valence-electron chi connectivity index (χ2n) is 34.5. The zero-order chi connectivity index (χ0) is 96.1. The lowest BCUT2D eigenvalue weighted by molar-refractivity contribution is -0.384. The molecule has 13 heterocycles. The van der Waals surface area contributed by atoms with Gasteiger partial charge in [0, 0.05) is 143 Å². The summed E-state index contributed by atoms with van der Waals surface area (Å²) in [7, 11) is -15.3. The van der Waals surface area contributed by atoms with Crippen LogP contribution in [0, 0.1) is 65.5 Å². The minimum Gasteiger partial charge on any atom is -0.299 e. The van der Waals surface area contributed by atoms with Gasteiger partial charge in [-0.25, -0.2) is 89.6 Å². The number of anilines is 4. The standard InChI is InChI=1S/C29H31N5O3S.C25H24N4O3S.C24H21BrN4O2S.C24H21N5O4S/c1-21-9-11-24(12-10-21)38(36,37)33-19-15-26-27(25-8-5-16-30-28(25)33)31-34(29(26)35)23-13-17-32(18-14-23)20-22-6-3-2-4-7-22;1-16-7-10-19(11-8-16)33(31,32)28-14-12-21-23(20-5-4-13-26-24(20)28)27-29(25(21)30)22-15-17(2)6-9-18(22)3;1-16-9-11-18(12-10-16)32(30,31)28-15-13-19-17(2)29(22-8-4-3-7-21(22)25)27-23(19)20-6-5-14-26-24(20)28;1-16-8-10-20(11-9-16)34(32,33)27-14-12-21-17(2)28(18-5-3-6-19(15-18)29(30)31)26-23(21)22-7-4-13-25-24(22)27/h2-12,16,23,31H,13-15,17-20H2,1H3;4-11,13,15,27H,12,14H2,1-3H3;3-12,14H,13,15H2,1-2H3;3-11,13,15H,12,14H2,1-2H3. The molecule has 35 heteroatoms. The molecule has 0 aliphatic carbocycles. The van der Waals surface area contributed by atoms with Crippen LogP contribution >= 0.6 is 15.9 Å². The summed E-state index contributed by atoms with van der Waals surface area (Å²) in [5.74, 6) is 1.37. The normalized spacial score (nSPS) is 14.2. The lowest BCUT2D eigenvalue weighted by atomic mass is 10.0. The molecule has 8 aromatic heterocycles. The quantitative estimate of drug-likeness (QED) is 0.0711. The fourth-order valence-electron chi connectivity index (χ4n) is 18.1. The maximum absolute atomic E-state index is 13.6. The van der Waals surface area contributed by atoms with Crippen molar-refractivity contribution in [2.45, 2.75) is 126 Å². The molecule has 30 nitrogen and oxygen atoms in total. The van der Waals surface area contributed by atoms with Gasteiger partial charge in [-0.05, 0) is 248 Å². The fourth-order valence-corrected chi connectivity index (χ4v) is 24.3. The molecule has 2 N–H and O–H groups in total. The number of nitrogens with zero attached hydrogens (tertiary/aromatic N) is 16. The van der Waals surface area contributed by atoms with Crippen molar-refractivity contribution in [1.82, 2.24) is 64.0 Å². The first-order valence-electron chi connectivity index (χ1n) is 44.7. The Kier molecular flexibility index (Phi) is 25.9. The van der Waals surface area contributed by atoms with E-state index >= 15 is 0 Å². The average Bonchev–Trinajstić information content (AvgIpc) is 1.61. The third kappa shape index (κ3) is 18.2. The number of hydrogen-bond donors (Lipinski definition) is 2.